The largest absolute Gasteiger partial charge is 0.507 e. The standard InChI is InChI=1S/C11H11NO3S/c1-11(15-10(13)14)7-16-9(12-11)8-5-3-2-4-6-8/h2-6H,7H2,1H3,(H,13,14). The lowest BCUT2D eigenvalue weighted by molar-refractivity contribution is 0.0136. The first kappa shape index (κ1) is 11.0. The number of aliphatic imine (C=N–C) groups is 1. The van der Waals surface area contributed by atoms with E-state index in [1.165, 1.54) is 11.8 Å². The average molecular weight is 237 g/mol. The number of carbonyl (C=O) groups is 1. The van der Waals surface area contributed by atoms with Gasteiger partial charge in [-0.15, -0.1) is 0 Å². The van der Waals surface area contributed by atoms with Gasteiger partial charge in [-0.05, 0) is 6.92 Å². The molecule has 4 nitrogen and oxygen atoms in total. The Labute approximate surface area is 97.3 Å². The molecule has 5 heteroatoms. The second-order valence-corrected chi connectivity index (χ2v) is 4.58. The summed E-state index contributed by atoms with van der Waals surface area (Å²) in [5.41, 5.74) is 0.0343. The van der Waals surface area contributed by atoms with Crippen LogP contribution in [-0.2, 0) is 4.74 Å². The van der Waals surface area contributed by atoms with Gasteiger partial charge in [0.1, 0.15) is 5.04 Å². The van der Waals surface area contributed by atoms with E-state index in [-0.39, 0.29) is 0 Å². The Hall–Kier alpha value is -1.49. The van der Waals surface area contributed by atoms with Gasteiger partial charge in [0.2, 0.25) is 5.72 Å². The van der Waals surface area contributed by atoms with Crippen LogP contribution in [-0.4, -0.2) is 27.8 Å². The van der Waals surface area contributed by atoms with Crippen molar-refractivity contribution in [2.45, 2.75) is 12.6 Å². The van der Waals surface area contributed by atoms with Gasteiger partial charge in [0, 0.05) is 5.56 Å². The summed E-state index contributed by atoms with van der Waals surface area (Å²) in [5.74, 6) is 0.517. The van der Waals surface area contributed by atoms with Crippen LogP contribution in [0.4, 0.5) is 4.79 Å². The summed E-state index contributed by atoms with van der Waals surface area (Å²) in [7, 11) is 0. The number of hydrogen-bond donors (Lipinski definition) is 1. The minimum Gasteiger partial charge on any atom is -0.450 e. The second kappa shape index (κ2) is 4.17. The Kier molecular flexibility index (Phi) is 2.87. The molecule has 84 valence electrons. The highest BCUT2D eigenvalue weighted by atomic mass is 32.2. The Morgan fingerprint density at radius 2 is 2.19 bits per heavy atom. The van der Waals surface area contributed by atoms with Crippen LogP contribution in [0.1, 0.15) is 12.5 Å². The molecule has 0 aliphatic carbocycles. The third-order valence-electron chi connectivity index (χ3n) is 2.14. The Morgan fingerprint density at radius 1 is 1.50 bits per heavy atom. The van der Waals surface area contributed by atoms with E-state index in [1.54, 1.807) is 6.92 Å². The van der Waals surface area contributed by atoms with E-state index in [4.69, 9.17) is 9.84 Å². The van der Waals surface area contributed by atoms with Crippen molar-refractivity contribution < 1.29 is 14.6 Å². The van der Waals surface area contributed by atoms with Crippen LogP contribution in [0, 0.1) is 0 Å². The van der Waals surface area contributed by atoms with Crippen molar-refractivity contribution in [1.82, 2.24) is 0 Å². The van der Waals surface area contributed by atoms with Gasteiger partial charge in [-0.25, -0.2) is 9.79 Å². The molecule has 1 aromatic carbocycles. The maximum absolute atomic E-state index is 10.5. The molecule has 0 fully saturated rings. The van der Waals surface area contributed by atoms with E-state index < -0.39 is 11.9 Å². The van der Waals surface area contributed by atoms with Crippen molar-refractivity contribution >= 4 is 23.0 Å². The summed E-state index contributed by atoms with van der Waals surface area (Å²) in [6, 6.07) is 9.66. The lowest BCUT2D eigenvalue weighted by Gasteiger charge is -2.17. The fourth-order valence-corrected chi connectivity index (χ4v) is 2.54. The topological polar surface area (TPSA) is 58.9 Å². The molecule has 0 radical (unpaired) electrons. The fraction of sp³-hybridized carbons (Fsp3) is 0.273. The van der Waals surface area contributed by atoms with Crippen LogP contribution in [0.15, 0.2) is 35.3 Å². The van der Waals surface area contributed by atoms with Crippen LogP contribution < -0.4 is 0 Å². The Balaban J connectivity index is 2.21. The number of rotatable bonds is 2. The van der Waals surface area contributed by atoms with Gasteiger partial charge in [0.25, 0.3) is 0 Å². The second-order valence-electron chi connectivity index (χ2n) is 3.61. The molecule has 1 aliphatic rings. The number of hydrogen-bond acceptors (Lipinski definition) is 4. The van der Waals surface area contributed by atoms with Gasteiger partial charge in [-0.1, -0.05) is 42.1 Å². The van der Waals surface area contributed by atoms with Gasteiger partial charge < -0.3 is 9.84 Å². The molecule has 0 aromatic heterocycles. The molecule has 1 aromatic rings. The number of ether oxygens (including phenoxy) is 1. The predicted octanol–water partition coefficient (Wildman–Crippen LogP) is 2.59. The third-order valence-corrected chi connectivity index (χ3v) is 3.42. The molecule has 1 heterocycles. The fourth-order valence-electron chi connectivity index (χ4n) is 1.45. The molecule has 0 saturated heterocycles. The van der Waals surface area contributed by atoms with Crippen LogP contribution >= 0.6 is 11.8 Å². The quantitative estimate of drug-likeness (QED) is 0.803. The molecule has 1 aliphatic heterocycles. The predicted molar refractivity (Wildman–Crippen MR) is 63.0 cm³/mol. The SMILES string of the molecule is CC1(OC(=O)O)CSC(c2ccccc2)=N1. The highest BCUT2D eigenvalue weighted by Gasteiger charge is 2.34. The summed E-state index contributed by atoms with van der Waals surface area (Å²) < 4.78 is 4.76. The molecule has 1 N–H and O–H groups in total. The number of carboxylic acid groups (broad SMARTS) is 1. The number of thioether (sulfide) groups is 1. The van der Waals surface area contributed by atoms with E-state index in [0.717, 1.165) is 10.6 Å². The van der Waals surface area contributed by atoms with Crippen molar-refractivity contribution in [3.8, 4) is 0 Å². The molecule has 2 rings (SSSR count). The van der Waals surface area contributed by atoms with Gasteiger partial charge in [0.15, 0.2) is 0 Å². The summed E-state index contributed by atoms with van der Waals surface area (Å²) in [5, 5.41) is 9.42. The van der Waals surface area contributed by atoms with Crippen LogP contribution in [0.5, 0.6) is 0 Å². The summed E-state index contributed by atoms with van der Waals surface area (Å²) in [6.45, 7) is 1.67. The van der Waals surface area contributed by atoms with Crippen molar-refractivity contribution in [2.75, 3.05) is 5.75 Å². The van der Waals surface area contributed by atoms with Gasteiger partial charge >= 0.3 is 6.16 Å². The van der Waals surface area contributed by atoms with Gasteiger partial charge in [0.05, 0.1) is 5.75 Å². The lowest BCUT2D eigenvalue weighted by Crippen LogP contribution is -2.29. The lowest BCUT2D eigenvalue weighted by atomic mass is 10.2. The van der Waals surface area contributed by atoms with Crippen molar-refractivity contribution in [3.05, 3.63) is 35.9 Å². The van der Waals surface area contributed by atoms with E-state index in [1.807, 2.05) is 30.3 Å². The molecule has 0 bridgehead atoms. The molecule has 0 spiro atoms. The first-order valence-corrected chi connectivity index (χ1v) is 5.78. The van der Waals surface area contributed by atoms with Gasteiger partial charge in [-0.3, -0.25) is 0 Å². The molecular formula is C11H11NO3S. The molecule has 1 unspecified atom stereocenters. The van der Waals surface area contributed by atoms with Crippen molar-refractivity contribution in [2.24, 2.45) is 4.99 Å². The monoisotopic (exact) mass is 237 g/mol. The smallest absolute Gasteiger partial charge is 0.450 e. The van der Waals surface area contributed by atoms with Crippen LogP contribution in [0.25, 0.3) is 0 Å². The molecule has 0 amide bonds. The normalized spacial score (nSPS) is 23.9. The van der Waals surface area contributed by atoms with E-state index in [9.17, 15) is 4.79 Å². The molecular weight excluding hydrogens is 226 g/mol. The highest BCUT2D eigenvalue weighted by Crippen LogP contribution is 2.31. The average Bonchev–Trinajstić information content (AvgIpc) is 2.61. The third kappa shape index (κ3) is 2.36. The molecule has 0 saturated carbocycles. The number of benzene rings is 1. The van der Waals surface area contributed by atoms with Gasteiger partial charge in [-0.2, -0.15) is 0 Å². The first-order valence-electron chi connectivity index (χ1n) is 4.79. The Bertz CT molecular complexity index is 432. The van der Waals surface area contributed by atoms with Crippen molar-refractivity contribution in [1.29, 1.82) is 0 Å². The summed E-state index contributed by atoms with van der Waals surface area (Å²) in [4.78, 5) is 14.8. The minimum absolute atomic E-state index is 0.517. The maximum Gasteiger partial charge on any atom is 0.507 e. The highest BCUT2D eigenvalue weighted by molar-refractivity contribution is 8.14. The van der Waals surface area contributed by atoms with Crippen LogP contribution in [0.2, 0.25) is 0 Å². The summed E-state index contributed by atoms with van der Waals surface area (Å²) in [6.07, 6.45) is -1.29. The van der Waals surface area contributed by atoms with Crippen LogP contribution in [0.3, 0.4) is 0 Å². The zero-order valence-corrected chi connectivity index (χ0v) is 9.53. The van der Waals surface area contributed by atoms with E-state index >= 15 is 0 Å². The van der Waals surface area contributed by atoms with E-state index in [0.29, 0.717) is 5.75 Å². The van der Waals surface area contributed by atoms with Crippen molar-refractivity contribution in [3.63, 3.8) is 0 Å². The molecule has 16 heavy (non-hydrogen) atoms. The van der Waals surface area contributed by atoms with E-state index in [2.05, 4.69) is 4.99 Å². The maximum atomic E-state index is 10.5. The number of nitrogens with zero attached hydrogens (tertiary/aromatic N) is 1. The minimum atomic E-state index is -1.29. The molecule has 1 atom stereocenters. The zero-order valence-electron chi connectivity index (χ0n) is 8.71. The first-order chi connectivity index (χ1) is 7.59. The summed E-state index contributed by atoms with van der Waals surface area (Å²) >= 11 is 1.51. The zero-order chi connectivity index (χ0) is 11.6. The Morgan fingerprint density at radius 3 is 2.81 bits per heavy atom.